The molecule has 0 bridgehead atoms. The normalized spacial score (nSPS) is 14.4. The topological polar surface area (TPSA) is 30.7 Å². The van der Waals surface area contributed by atoms with Crippen molar-refractivity contribution in [2.45, 2.75) is 38.5 Å². The van der Waals surface area contributed by atoms with Crippen molar-refractivity contribution >= 4 is 85.8 Å². The lowest BCUT2D eigenvalue weighted by molar-refractivity contribution is 0.660. The maximum atomic E-state index is 5.59. The summed E-state index contributed by atoms with van der Waals surface area (Å²) in [7, 11) is 0. The Hall–Kier alpha value is -7.92. The molecule has 10 aromatic carbocycles. The molecule has 2 aliphatic rings. The quantitative estimate of drug-likeness (QED) is 0.166. The number of benzene rings is 10. The van der Waals surface area contributed by atoms with Crippen LogP contribution in [0.15, 0.2) is 188 Å². The third-order valence-corrected chi connectivity index (χ3v) is 16.9. The van der Waals surface area contributed by atoms with Gasteiger partial charge in [-0.1, -0.05) is 173 Å². The van der Waals surface area contributed by atoms with E-state index in [9.17, 15) is 0 Å². The summed E-state index contributed by atoms with van der Waals surface area (Å²) in [6, 6.07) is 69.9. The van der Waals surface area contributed by atoms with E-state index in [1.807, 2.05) is 11.3 Å². The molecule has 0 radical (unpaired) electrons. The highest BCUT2D eigenvalue weighted by Crippen LogP contribution is 2.53. The molecule has 13 aromatic rings. The number of rotatable bonds is 3. The van der Waals surface area contributed by atoms with Crippen LogP contribution >= 0.6 is 11.3 Å². The molecule has 3 aromatic heterocycles. The minimum absolute atomic E-state index is 0.128. The first kappa shape index (κ1) is 38.2. The Kier molecular flexibility index (Phi) is 7.51. The largest absolute Gasteiger partial charge is 0.308 e. The molecular weight excluding hydrogens is 843 g/mol. The Balaban J connectivity index is 0.905. The van der Waals surface area contributed by atoms with Crippen molar-refractivity contribution in [3.8, 4) is 50.6 Å². The van der Waals surface area contributed by atoms with Crippen LogP contribution in [0.5, 0.6) is 0 Å². The Labute approximate surface area is 397 Å². The molecular formula is C64H43N3S. The van der Waals surface area contributed by atoms with E-state index in [-0.39, 0.29) is 10.8 Å². The first-order chi connectivity index (χ1) is 33.2. The number of hydrogen-bond acceptors (Lipinski definition) is 3. The minimum atomic E-state index is -0.286. The molecule has 68 heavy (non-hydrogen) atoms. The summed E-state index contributed by atoms with van der Waals surface area (Å²) in [5.74, 6) is 0.742. The maximum absolute atomic E-state index is 5.59. The summed E-state index contributed by atoms with van der Waals surface area (Å²) in [5.41, 5.74) is 17.8. The SMILES string of the molecule is CC1(C)c2ccccc2-c2ccc(-c3nc(-c4ccc5c(c4)C(C)(C)c4cc(-n6c7ccccc7c7c8ccccc8c8c9ccccc9sc8c76)ccc4-5)nc4ccc5ccccc5c34)cc21. The molecule has 3 heterocycles. The van der Waals surface area contributed by atoms with Crippen molar-refractivity contribution in [2.75, 3.05) is 0 Å². The van der Waals surface area contributed by atoms with E-state index in [2.05, 4.69) is 220 Å². The van der Waals surface area contributed by atoms with Crippen LogP contribution in [0.1, 0.15) is 49.9 Å². The summed E-state index contributed by atoms with van der Waals surface area (Å²) in [6.07, 6.45) is 0. The standard InChI is InChI=1S/C64H43N3S/c1-63(2)49-22-12-9-17-41(49)42-29-25-37(33-50(42)63)59-58-40-16-6-5-15-36(40)27-32-53(58)65-62(66-59)38-26-30-43-44-31-28-39(35-52(44)64(3,4)51(43)34-38)67-54-23-13-10-20-47(54)56-45-18-7-8-19-46(45)57-48-21-11-14-24-55(48)68-61(57)60(56)67/h5-35H,1-4H3. The predicted octanol–water partition coefficient (Wildman–Crippen LogP) is 17.3. The van der Waals surface area contributed by atoms with E-state index in [1.165, 1.54) is 114 Å². The van der Waals surface area contributed by atoms with Crippen LogP contribution in [0.4, 0.5) is 0 Å². The van der Waals surface area contributed by atoms with Gasteiger partial charge in [0.1, 0.15) is 0 Å². The highest BCUT2D eigenvalue weighted by Gasteiger charge is 2.38. The highest BCUT2D eigenvalue weighted by atomic mass is 32.1. The van der Waals surface area contributed by atoms with E-state index in [4.69, 9.17) is 9.97 Å². The summed E-state index contributed by atoms with van der Waals surface area (Å²) in [5, 5.41) is 11.3. The van der Waals surface area contributed by atoms with Crippen LogP contribution in [0, 0.1) is 0 Å². The summed E-state index contributed by atoms with van der Waals surface area (Å²) in [6.45, 7) is 9.47. The molecule has 15 rings (SSSR count). The van der Waals surface area contributed by atoms with Crippen molar-refractivity contribution < 1.29 is 0 Å². The molecule has 3 nitrogen and oxygen atoms in total. The lowest BCUT2D eigenvalue weighted by Gasteiger charge is -2.23. The summed E-state index contributed by atoms with van der Waals surface area (Å²) < 4.78 is 5.20. The molecule has 0 saturated heterocycles. The molecule has 0 saturated carbocycles. The maximum Gasteiger partial charge on any atom is 0.160 e. The number of para-hydroxylation sites is 1. The van der Waals surface area contributed by atoms with Gasteiger partial charge in [0.25, 0.3) is 0 Å². The average Bonchev–Trinajstić information content (AvgIpc) is 4.07. The van der Waals surface area contributed by atoms with E-state index < -0.39 is 0 Å². The average molecular weight is 886 g/mol. The molecule has 0 amide bonds. The first-order valence-corrected chi connectivity index (χ1v) is 24.6. The lowest BCUT2D eigenvalue weighted by Crippen LogP contribution is -2.15. The minimum Gasteiger partial charge on any atom is -0.308 e. The van der Waals surface area contributed by atoms with Gasteiger partial charge in [-0.3, -0.25) is 0 Å². The van der Waals surface area contributed by atoms with Crippen LogP contribution in [0.3, 0.4) is 0 Å². The molecule has 4 heteroatoms. The zero-order chi connectivity index (χ0) is 45.2. The van der Waals surface area contributed by atoms with Gasteiger partial charge in [0.05, 0.1) is 26.9 Å². The van der Waals surface area contributed by atoms with Crippen molar-refractivity contribution in [2.24, 2.45) is 0 Å². The fraction of sp³-hybridized carbons (Fsp3) is 0.0938. The molecule has 0 fully saturated rings. The van der Waals surface area contributed by atoms with Crippen LogP contribution in [0.25, 0.3) is 125 Å². The third kappa shape index (κ3) is 4.97. The Morgan fingerprint density at radius 2 is 1.01 bits per heavy atom. The Bertz CT molecular complexity index is 4390. The molecule has 0 N–H and O–H groups in total. The van der Waals surface area contributed by atoms with Crippen LogP contribution < -0.4 is 0 Å². The number of fused-ring (bicyclic) bond motifs is 19. The fourth-order valence-corrected chi connectivity index (χ4v) is 13.7. The van der Waals surface area contributed by atoms with Gasteiger partial charge < -0.3 is 4.57 Å². The van der Waals surface area contributed by atoms with Crippen molar-refractivity contribution in [3.05, 3.63) is 210 Å². The predicted molar refractivity (Wildman–Crippen MR) is 288 cm³/mol. The zero-order valence-corrected chi connectivity index (χ0v) is 39.0. The van der Waals surface area contributed by atoms with Crippen molar-refractivity contribution in [3.63, 3.8) is 0 Å². The van der Waals surface area contributed by atoms with E-state index >= 15 is 0 Å². The third-order valence-electron chi connectivity index (χ3n) is 15.8. The molecule has 0 spiro atoms. The molecule has 2 aliphatic carbocycles. The van der Waals surface area contributed by atoms with Gasteiger partial charge in [-0.2, -0.15) is 0 Å². The number of nitrogens with zero attached hydrogens (tertiary/aromatic N) is 3. The number of aromatic nitrogens is 3. The van der Waals surface area contributed by atoms with Crippen molar-refractivity contribution in [1.82, 2.24) is 14.5 Å². The highest BCUT2D eigenvalue weighted by molar-refractivity contribution is 7.27. The number of thiophene rings is 1. The lowest BCUT2D eigenvalue weighted by atomic mass is 9.81. The number of hydrogen-bond donors (Lipinski definition) is 0. The molecule has 0 atom stereocenters. The Morgan fingerprint density at radius 3 is 1.82 bits per heavy atom. The fourth-order valence-electron chi connectivity index (χ4n) is 12.5. The van der Waals surface area contributed by atoms with Gasteiger partial charge in [0.2, 0.25) is 0 Å². The Morgan fingerprint density at radius 1 is 0.426 bits per heavy atom. The van der Waals surface area contributed by atoms with Gasteiger partial charge in [-0.05, 0) is 109 Å². The van der Waals surface area contributed by atoms with Gasteiger partial charge in [-0.25, -0.2) is 9.97 Å². The second-order valence-electron chi connectivity index (χ2n) is 20.0. The monoisotopic (exact) mass is 885 g/mol. The van der Waals surface area contributed by atoms with Crippen LogP contribution in [-0.2, 0) is 10.8 Å². The molecule has 0 aliphatic heterocycles. The molecule has 0 unspecified atom stereocenters. The zero-order valence-electron chi connectivity index (χ0n) is 38.1. The van der Waals surface area contributed by atoms with E-state index in [0.29, 0.717) is 0 Å². The summed E-state index contributed by atoms with van der Waals surface area (Å²) in [4.78, 5) is 11.0. The summed E-state index contributed by atoms with van der Waals surface area (Å²) >= 11 is 1.91. The van der Waals surface area contributed by atoms with Gasteiger partial charge in [0.15, 0.2) is 5.82 Å². The van der Waals surface area contributed by atoms with E-state index in [1.54, 1.807) is 0 Å². The second-order valence-corrected chi connectivity index (χ2v) is 21.1. The van der Waals surface area contributed by atoms with Crippen LogP contribution in [0.2, 0.25) is 0 Å². The van der Waals surface area contributed by atoms with Crippen LogP contribution in [-0.4, -0.2) is 14.5 Å². The molecule has 320 valence electrons. The first-order valence-electron chi connectivity index (χ1n) is 23.7. The van der Waals surface area contributed by atoms with Gasteiger partial charge in [0, 0.05) is 59.3 Å². The smallest absolute Gasteiger partial charge is 0.160 e. The van der Waals surface area contributed by atoms with Gasteiger partial charge in [-0.15, -0.1) is 11.3 Å². The second kappa shape index (κ2) is 13.4. The van der Waals surface area contributed by atoms with Crippen molar-refractivity contribution in [1.29, 1.82) is 0 Å². The van der Waals surface area contributed by atoms with Gasteiger partial charge >= 0.3 is 0 Å². The van der Waals surface area contributed by atoms with E-state index in [0.717, 1.165) is 33.5 Å².